The van der Waals surface area contributed by atoms with Gasteiger partial charge in [0.2, 0.25) is 11.5 Å². The minimum Gasteiger partial charge on any atom is -0.493 e. The van der Waals surface area contributed by atoms with Crippen LogP contribution < -0.4 is 14.2 Å². The number of ether oxygens (including phenoxy) is 3. The fourth-order valence-electron chi connectivity index (χ4n) is 4.01. The summed E-state index contributed by atoms with van der Waals surface area (Å²) in [5, 5.41) is 10.2. The van der Waals surface area contributed by atoms with E-state index in [4.69, 9.17) is 14.2 Å². The van der Waals surface area contributed by atoms with Gasteiger partial charge in [-0.2, -0.15) is 0 Å². The molecule has 1 unspecified atom stereocenters. The first-order valence-corrected chi connectivity index (χ1v) is 11.1. The van der Waals surface area contributed by atoms with Gasteiger partial charge in [-0.25, -0.2) is 4.79 Å². The van der Waals surface area contributed by atoms with Crippen molar-refractivity contribution in [1.82, 2.24) is 4.90 Å². The maximum absolute atomic E-state index is 13.1. The molecule has 1 atom stereocenters. The van der Waals surface area contributed by atoms with Crippen molar-refractivity contribution in [1.29, 1.82) is 0 Å². The van der Waals surface area contributed by atoms with E-state index in [2.05, 4.69) is 0 Å². The van der Waals surface area contributed by atoms with Gasteiger partial charge in [0, 0.05) is 12.0 Å². The summed E-state index contributed by atoms with van der Waals surface area (Å²) in [5.41, 5.74) is -1.58. The van der Waals surface area contributed by atoms with Gasteiger partial charge in [0.05, 0.1) is 21.3 Å². The summed E-state index contributed by atoms with van der Waals surface area (Å²) in [6.45, 7) is 5.51. The number of carboxylic acids is 1. The Morgan fingerprint density at radius 3 is 2.18 bits per heavy atom. The molecule has 0 aromatic heterocycles. The minimum absolute atomic E-state index is 0.0740. The fourth-order valence-corrected chi connectivity index (χ4v) is 4.01. The summed E-state index contributed by atoms with van der Waals surface area (Å²) < 4.78 is 16.1. The third kappa shape index (κ3) is 5.31. The lowest BCUT2D eigenvalue weighted by Crippen LogP contribution is -2.61. The Bertz CT molecular complexity index is 896. The van der Waals surface area contributed by atoms with Crippen LogP contribution in [-0.2, 0) is 14.4 Å². The van der Waals surface area contributed by atoms with Gasteiger partial charge in [0.15, 0.2) is 11.5 Å². The highest BCUT2D eigenvalue weighted by molar-refractivity contribution is 6.38. The van der Waals surface area contributed by atoms with Crippen LogP contribution in [0.4, 0.5) is 0 Å². The molecule has 0 spiro atoms. The van der Waals surface area contributed by atoms with Crippen molar-refractivity contribution in [3.05, 3.63) is 23.8 Å². The Kier molecular flexibility index (Phi) is 8.52. The standard InChI is InChI=1S/C25H35NO7/c1-7-24(2,3)21(27)22(28)26-14-9-8-12-25(26,23(29)30)13-10-11-17-15-18(31-4)20(33-6)19(16-17)32-5/h10-11,15-16H,7-9,12-14H2,1-6H3,(H,29,30)/b11-10+. The Morgan fingerprint density at radius 1 is 1.09 bits per heavy atom. The summed E-state index contributed by atoms with van der Waals surface area (Å²) in [4.78, 5) is 39.7. The van der Waals surface area contributed by atoms with Crippen molar-refractivity contribution in [3.63, 3.8) is 0 Å². The average Bonchev–Trinajstić information content (AvgIpc) is 2.82. The van der Waals surface area contributed by atoms with Gasteiger partial charge >= 0.3 is 5.97 Å². The molecule has 1 aromatic rings. The van der Waals surface area contributed by atoms with Crippen LogP contribution in [0.15, 0.2) is 18.2 Å². The van der Waals surface area contributed by atoms with Gasteiger partial charge in [-0.15, -0.1) is 0 Å². The molecule has 1 aliphatic rings. The van der Waals surface area contributed by atoms with Crippen molar-refractivity contribution in [3.8, 4) is 17.2 Å². The molecule has 1 fully saturated rings. The molecule has 0 radical (unpaired) electrons. The largest absolute Gasteiger partial charge is 0.493 e. The molecule has 0 aliphatic carbocycles. The summed E-state index contributed by atoms with van der Waals surface area (Å²) in [6.07, 6.45) is 5.65. The zero-order valence-electron chi connectivity index (χ0n) is 20.4. The van der Waals surface area contributed by atoms with Crippen molar-refractivity contribution in [2.45, 2.75) is 58.4 Å². The maximum atomic E-state index is 13.1. The molecular weight excluding hydrogens is 426 g/mol. The quantitative estimate of drug-likeness (QED) is 0.526. The number of Topliss-reactive ketones (excluding diaryl/α,β-unsaturated/α-hetero) is 1. The Labute approximate surface area is 195 Å². The molecule has 182 valence electrons. The van der Waals surface area contributed by atoms with Crippen LogP contribution in [-0.4, -0.2) is 61.1 Å². The van der Waals surface area contributed by atoms with E-state index in [-0.39, 0.29) is 19.4 Å². The third-order valence-electron chi connectivity index (χ3n) is 6.53. The van der Waals surface area contributed by atoms with Gasteiger partial charge in [-0.3, -0.25) is 9.59 Å². The third-order valence-corrected chi connectivity index (χ3v) is 6.53. The predicted octanol–water partition coefficient (Wildman–Crippen LogP) is 3.96. The van der Waals surface area contributed by atoms with Gasteiger partial charge in [0.1, 0.15) is 5.54 Å². The van der Waals surface area contributed by atoms with E-state index in [1.54, 1.807) is 38.1 Å². The predicted molar refractivity (Wildman–Crippen MR) is 125 cm³/mol. The molecule has 1 heterocycles. The molecular formula is C25H35NO7. The number of amides is 1. The number of hydrogen-bond acceptors (Lipinski definition) is 6. The van der Waals surface area contributed by atoms with Crippen molar-refractivity contribution >= 4 is 23.7 Å². The molecule has 1 saturated heterocycles. The van der Waals surface area contributed by atoms with Gasteiger partial charge < -0.3 is 24.2 Å². The number of nitrogens with zero attached hydrogens (tertiary/aromatic N) is 1. The van der Waals surface area contributed by atoms with Crippen molar-refractivity contribution < 1.29 is 33.7 Å². The zero-order chi connectivity index (χ0) is 24.8. The van der Waals surface area contributed by atoms with E-state index in [1.807, 2.05) is 6.92 Å². The van der Waals surface area contributed by atoms with E-state index in [9.17, 15) is 19.5 Å². The number of hydrogen-bond donors (Lipinski definition) is 1. The molecule has 1 aromatic carbocycles. The SMILES string of the molecule is CCC(C)(C)C(=O)C(=O)N1CCCCC1(C/C=C/c1cc(OC)c(OC)c(OC)c1)C(=O)O. The summed E-state index contributed by atoms with van der Waals surface area (Å²) in [6, 6.07) is 3.50. The normalized spacial score (nSPS) is 18.8. The highest BCUT2D eigenvalue weighted by atomic mass is 16.5. The number of carbonyl (C=O) groups is 3. The molecule has 33 heavy (non-hydrogen) atoms. The van der Waals surface area contributed by atoms with E-state index in [0.717, 1.165) is 5.56 Å². The number of methoxy groups -OCH3 is 3. The lowest BCUT2D eigenvalue weighted by molar-refractivity contribution is -0.166. The van der Waals surface area contributed by atoms with Crippen LogP contribution in [0.5, 0.6) is 17.2 Å². The van der Waals surface area contributed by atoms with Crippen LogP contribution in [0.25, 0.3) is 6.08 Å². The van der Waals surface area contributed by atoms with Gasteiger partial charge in [0.25, 0.3) is 5.91 Å². The molecule has 1 amide bonds. The Morgan fingerprint density at radius 2 is 1.70 bits per heavy atom. The minimum atomic E-state index is -1.47. The number of carboxylic acid groups (broad SMARTS) is 1. The van der Waals surface area contributed by atoms with E-state index in [1.165, 1.54) is 26.2 Å². The van der Waals surface area contributed by atoms with Gasteiger partial charge in [-0.1, -0.05) is 32.9 Å². The van der Waals surface area contributed by atoms with Crippen molar-refractivity contribution in [2.24, 2.45) is 5.41 Å². The molecule has 1 N–H and O–H groups in total. The van der Waals surface area contributed by atoms with Crippen LogP contribution >= 0.6 is 0 Å². The van der Waals surface area contributed by atoms with Crippen LogP contribution in [0, 0.1) is 5.41 Å². The second-order valence-corrected chi connectivity index (χ2v) is 8.88. The molecule has 2 rings (SSSR count). The first-order chi connectivity index (χ1) is 15.6. The smallest absolute Gasteiger partial charge is 0.329 e. The number of benzene rings is 1. The van der Waals surface area contributed by atoms with Crippen LogP contribution in [0.3, 0.4) is 0 Å². The number of likely N-dealkylation sites (tertiary alicyclic amines) is 1. The van der Waals surface area contributed by atoms with Gasteiger partial charge in [-0.05, 0) is 49.8 Å². The summed E-state index contributed by atoms with van der Waals surface area (Å²) in [7, 11) is 4.55. The molecule has 0 bridgehead atoms. The first kappa shape index (κ1) is 26.2. The second-order valence-electron chi connectivity index (χ2n) is 8.88. The summed E-state index contributed by atoms with van der Waals surface area (Å²) >= 11 is 0. The summed E-state index contributed by atoms with van der Waals surface area (Å²) in [5.74, 6) is -0.957. The highest BCUT2D eigenvalue weighted by Crippen LogP contribution is 2.39. The number of ketones is 1. The number of rotatable bonds is 10. The number of aliphatic carboxylic acids is 1. The second kappa shape index (κ2) is 10.7. The van der Waals surface area contributed by atoms with Crippen LogP contribution in [0.2, 0.25) is 0 Å². The Balaban J connectivity index is 2.38. The van der Waals surface area contributed by atoms with Crippen molar-refractivity contribution in [2.75, 3.05) is 27.9 Å². The van der Waals surface area contributed by atoms with Crippen LogP contribution in [0.1, 0.15) is 58.4 Å². The maximum Gasteiger partial charge on any atom is 0.329 e. The monoisotopic (exact) mass is 461 g/mol. The lowest BCUT2D eigenvalue weighted by Gasteiger charge is -2.44. The molecule has 8 nitrogen and oxygen atoms in total. The fraction of sp³-hybridized carbons (Fsp3) is 0.560. The highest BCUT2D eigenvalue weighted by Gasteiger charge is 2.50. The number of carbonyl (C=O) groups excluding carboxylic acids is 2. The molecule has 8 heteroatoms. The molecule has 1 aliphatic heterocycles. The zero-order valence-corrected chi connectivity index (χ0v) is 20.4. The average molecular weight is 462 g/mol. The first-order valence-electron chi connectivity index (χ1n) is 11.1. The van der Waals surface area contributed by atoms with E-state index < -0.39 is 28.6 Å². The van der Waals surface area contributed by atoms with E-state index in [0.29, 0.717) is 36.5 Å². The Hall–Kier alpha value is -3.03. The number of piperidine rings is 1. The topological polar surface area (TPSA) is 102 Å². The lowest BCUT2D eigenvalue weighted by atomic mass is 9.80. The van der Waals surface area contributed by atoms with E-state index >= 15 is 0 Å². The molecule has 0 saturated carbocycles.